The van der Waals surface area contributed by atoms with E-state index in [1.165, 1.54) is 102 Å². The molecule has 1 aliphatic rings. The van der Waals surface area contributed by atoms with Crippen LogP contribution in [0.2, 0.25) is 0 Å². The molecule has 0 aromatic carbocycles. The lowest BCUT2D eigenvalue weighted by molar-refractivity contribution is -0.157. The predicted molar refractivity (Wildman–Crippen MR) is 352 cm³/mol. The Bertz CT molecular complexity index is 2500. The van der Waals surface area contributed by atoms with Crippen LogP contribution in [0.15, 0.2) is 12.2 Å². The van der Waals surface area contributed by atoms with Crippen molar-refractivity contribution in [2.75, 3.05) is 70.0 Å². The minimum atomic E-state index is -1.66. The zero-order valence-electron chi connectivity index (χ0n) is 60.2. The monoisotopic (exact) mass is 1290 g/mol. The molecule has 0 bridgehead atoms. The van der Waals surface area contributed by atoms with Gasteiger partial charge in [-0.05, 0) is 129 Å². The van der Waals surface area contributed by atoms with E-state index in [4.69, 9.17) is 0 Å². The minimum Gasteiger partial charge on any atom is -0.390 e. The number of rotatable bonds is 18. The summed E-state index contributed by atoms with van der Waals surface area (Å²) in [5, 5.41) is 34.6. The van der Waals surface area contributed by atoms with Gasteiger partial charge in [0.25, 0.3) is 0 Å². The summed E-state index contributed by atoms with van der Waals surface area (Å²) < 4.78 is 0. The third-order valence-electron chi connectivity index (χ3n) is 17.2. The highest BCUT2D eigenvalue weighted by Crippen LogP contribution is 2.26. The number of carbonyl (C=O) groups excluding carboxylic acids is 11. The molecule has 1 aliphatic heterocycles. The van der Waals surface area contributed by atoms with Crippen molar-refractivity contribution in [3.8, 4) is 0 Å². The third kappa shape index (κ3) is 23.7. The molecule has 13 atom stereocenters. The number of hydrogen-bond donors (Lipinski definition) is 6. The molecule has 522 valence electrons. The molecule has 11 amide bonds. The lowest BCUT2D eigenvalue weighted by atomic mass is 9.91. The Hall–Kier alpha value is -6.21. The lowest BCUT2D eigenvalue weighted by Gasteiger charge is -2.41. The van der Waals surface area contributed by atoms with Crippen LogP contribution in [-0.4, -0.2) is 263 Å². The highest BCUT2D eigenvalue weighted by atomic mass is 16.3. The Labute approximate surface area is 544 Å². The Morgan fingerprint density at radius 3 is 1.36 bits per heavy atom. The van der Waals surface area contributed by atoms with Crippen LogP contribution in [0.25, 0.3) is 0 Å². The van der Waals surface area contributed by atoms with Gasteiger partial charge in [0.15, 0.2) is 0 Å². The Morgan fingerprint density at radius 2 is 0.912 bits per heavy atom. The molecule has 1 saturated heterocycles. The molecule has 0 aliphatic carbocycles. The molecule has 0 aromatic rings. The molecule has 0 spiro atoms. The lowest BCUT2D eigenvalue weighted by Crippen LogP contribution is -2.64. The zero-order valence-corrected chi connectivity index (χ0v) is 60.2. The fourth-order valence-electron chi connectivity index (χ4n) is 11.5. The van der Waals surface area contributed by atoms with Gasteiger partial charge in [0.05, 0.1) is 11.7 Å². The van der Waals surface area contributed by atoms with Gasteiger partial charge >= 0.3 is 0 Å². The van der Waals surface area contributed by atoms with Crippen molar-refractivity contribution in [2.24, 2.45) is 35.5 Å². The highest BCUT2D eigenvalue weighted by molar-refractivity contribution is 6.00. The van der Waals surface area contributed by atoms with Crippen molar-refractivity contribution in [3.05, 3.63) is 12.2 Å². The molecule has 1 heterocycles. The van der Waals surface area contributed by atoms with Crippen molar-refractivity contribution < 1.29 is 63.0 Å². The first-order valence-corrected chi connectivity index (χ1v) is 32.6. The fraction of sp³-hybridized carbons (Fsp3) is 0.803. The van der Waals surface area contributed by atoms with Crippen molar-refractivity contribution in [1.82, 2.24) is 60.5 Å². The summed E-state index contributed by atoms with van der Waals surface area (Å²) in [4.78, 5) is 173. The van der Waals surface area contributed by atoms with E-state index >= 15 is 28.8 Å². The van der Waals surface area contributed by atoms with Crippen molar-refractivity contribution >= 4 is 65.0 Å². The number of allylic oxidation sites excluding steroid dienone is 2. The molecule has 1 rings (SSSR count). The molecule has 0 saturated carbocycles. The second-order valence-electron chi connectivity index (χ2n) is 28.3. The highest BCUT2D eigenvalue weighted by Gasteiger charge is 2.47. The number of carbonyl (C=O) groups is 11. The minimum absolute atomic E-state index is 0.0235. The largest absolute Gasteiger partial charge is 0.390 e. The normalized spacial score (nSPS) is 26.9. The number of aliphatic hydroxyl groups is 2. The maximum absolute atomic E-state index is 15.3. The second kappa shape index (κ2) is 36.9. The Balaban J connectivity index is 4.54. The van der Waals surface area contributed by atoms with Crippen molar-refractivity contribution in [3.63, 3.8) is 0 Å². The van der Waals surface area contributed by atoms with E-state index in [1.807, 2.05) is 41.5 Å². The maximum Gasteiger partial charge on any atom is 0.246 e. The SMILES string of the molecule is CC=CC[C@@H](C)[C@@H](O)[C@H]1C(=O)N[C@@H](CC)C(=O)N(C)[C@@H](CCN(C)C)C(=O)N(C)[C@@H](CC(C)(C)O)C(=O)N[C@@H](C(C)C)C(=O)N(C)[C@@H](CC(C)C)C(=O)N[C@@H](C)C(=O)N[C@H](C)C(=O)N(C)[C@@H](CC(C)C)C(=O)N(C)[C@@H](CC(C)C)C(=O)N(C)[C@@H](C(C)C)C(=O)N1C. The first kappa shape index (κ1) is 82.8. The smallest absolute Gasteiger partial charge is 0.246 e. The van der Waals surface area contributed by atoms with Crippen molar-refractivity contribution in [2.45, 2.75) is 241 Å². The predicted octanol–water partition coefficient (Wildman–Crippen LogP) is 2.70. The van der Waals surface area contributed by atoms with E-state index in [2.05, 4.69) is 21.3 Å². The van der Waals surface area contributed by atoms with Crippen LogP contribution in [0.3, 0.4) is 0 Å². The van der Waals surface area contributed by atoms with Crippen LogP contribution in [-0.2, 0) is 52.7 Å². The van der Waals surface area contributed by atoms with Gasteiger partial charge in [-0.2, -0.15) is 0 Å². The van der Waals surface area contributed by atoms with E-state index < -0.39 is 161 Å². The zero-order chi connectivity index (χ0) is 70.8. The quantitative estimate of drug-likeness (QED) is 0.108. The van der Waals surface area contributed by atoms with Gasteiger partial charge < -0.3 is 70.7 Å². The first-order chi connectivity index (χ1) is 41.8. The molecule has 0 radical (unpaired) electrons. The van der Waals surface area contributed by atoms with E-state index in [0.717, 1.165) is 9.80 Å². The van der Waals surface area contributed by atoms with E-state index in [9.17, 15) is 34.2 Å². The molecule has 25 nitrogen and oxygen atoms in total. The molecule has 91 heavy (non-hydrogen) atoms. The van der Waals surface area contributed by atoms with Crippen LogP contribution in [0, 0.1) is 35.5 Å². The van der Waals surface area contributed by atoms with Crippen LogP contribution in [0.1, 0.15) is 163 Å². The number of aliphatic hydroxyl groups excluding tert-OH is 1. The van der Waals surface area contributed by atoms with Crippen LogP contribution in [0.5, 0.6) is 0 Å². The van der Waals surface area contributed by atoms with Gasteiger partial charge in [0.1, 0.15) is 66.5 Å². The van der Waals surface area contributed by atoms with Crippen LogP contribution < -0.4 is 21.3 Å². The summed E-state index contributed by atoms with van der Waals surface area (Å²) in [5.74, 6) is -10.3. The van der Waals surface area contributed by atoms with Gasteiger partial charge in [0.2, 0.25) is 65.0 Å². The summed E-state index contributed by atoms with van der Waals surface area (Å²) in [7, 11) is 13.4. The number of hydrogen-bond acceptors (Lipinski definition) is 14. The number of amides is 11. The molecular weight excluding hydrogens is 1170 g/mol. The molecule has 6 N–H and O–H groups in total. The number of nitrogens with zero attached hydrogens (tertiary/aromatic N) is 8. The van der Waals surface area contributed by atoms with Gasteiger partial charge in [-0.1, -0.05) is 95.2 Å². The number of nitrogens with one attached hydrogen (secondary N) is 4. The molecule has 1 fully saturated rings. The van der Waals surface area contributed by atoms with Gasteiger partial charge in [-0.25, -0.2) is 0 Å². The summed E-state index contributed by atoms with van der Waals surface area (Å²) in [5.41, 5.74) is -1.58. The van der Waals surface area contributed by atoms with Crippen LogP contribution >= 0.6 is 0 Å². The summed E-state index contributed by atoms with van der Waals surface area (Å²) >= 11 is 0. The van der Waals surface area contributed by atoms with E-state index in [0.29, 0.717) is 0 Å². The van der Waals surface area contributed by atoms with E-state index in [-0.39, 0.29) is 69.2 Å². The molecule has 0 aromatic heterocycles. The van der Waals surface area contributed by atoms with Gasteiger partial charge in [-0.3, -0.25) is 52.7 Å². The second-order valence-corrected chi connectivity index (χ2v) is 28.3. The summed E-state index contributed by atoms with van der Waals surface area (Å²) in [6, 6.07) is -14.4. The summed E-state index contributed by atoms with van der Waals surface area (Å²) in [6.07, 6.45) is 2.38. The number of likely N-dealkylation sites (N-methyl/N-ethyl adjacent to an activating group) is 7. The fourth-order valence-corrected chi connectivity index (χ4v) is 11.5. The maximum atomic E-state index is 15.3. The topological polar surface area (TPSA) is 302 Å². The first-order valence-electron chi connectivity index (χ1n) is 32.6. The standard InChI is InChI=1S/C66H120N12O13/c1-27-29-30-42(13)54(79)53-58(83)69-45(28-2)60(85)72(20)46(31-32-71(18)19)61(86)76(24)50(36-66(16,17)91)57(82)70-51(40(9)10)64(89)73(21)47(33-37(3)4)56(81)67-43(14)55(80)68-44(15)59(84)74(22)48(34-38(5)6)62(87)75(23)49(35-39(7)8)63(88)77(25)52(41(11)12)65(90)78(53)26/h27,29,37-54,79,91H,28,30-36H2,1-26H3,(H,67,81)(H,68,80)(H,69,83)(H,70,82)/t42-,43+,44-,45+,46+,47+,48+,49+,50+,51+,52+,53+,54-/m1/s1. The molecular formula is C66H120N12O13. The van der Waals surface area contributed by atoms with Gasteiger partial charge in [0, 0.05) is 55.8 Å². The summed E-state index contributed by atoms with van der Waals surface area (Å²) in [6.45, 7) is 29.1. The van der Waals surface area contributed by atoms with Gasteiger partial charge in [-0.15, -0.1) is 0 Å². The Morgan fingerprint density at radius 1 is 0.495 bits per heavy atom. The Kier molecular flexibility index (Phi) is 33.6. The third-order valence-corrected chi connectivity index (χ3v) is 17.2. The van der Waals surface area contributed by atoms with Crippen molar-refractivity contribution in [1.29, 1.82) is 0 Å². The van der Waals surface area contributed by atoms with E-state index in [1.54, 1.807) is 79.6 Å². The average molecular weight is 1290 g/mol. The average Bonchev–Trinajstić information content (AvgIpc) is 0.888. The molecule has 0 unspecified atom stereocenters. The van der Waals surface area contributed by atoms with Crippen LogP contribution in [0.4, 0.5) is 0 Å². The molecule has 25 heteroatoms.